The van der Waals surface area contributed by atoms with Crippen LogP contribution in [0.5, 0.6) is 0 Å². The number of aryl methyl sites for hydroxylation is 1. The van der Waals surface area contributed by atoms with Crippen LogP contribution in [0.15, 0.2) is 58.6 Å². The summed E-state index contributed by atoms with van der Waals surface area (Å²) < 4.78 is 0.870. The molecule has 30 heavy (non-hydrogen) atoms. The number of hydrogen-bond acceptors (Lipinski definition) is 4. The molecular formula is C24H27BrN2O3. The van der Waals surface area contributed by atoms with Crippen molar-refractivity contribution in [1.29, 1.82) is 0 Å². The van der Waals surface area contributed by atoms with E-state index in [-0.39, 0.29) is 11.3 Å². The predicted molar refractivity (Wildman–Crippen MR) is 122 cm³/mol. The van der Waals surface area contributed by atoms with Crippen LogP contribution in [0.2, 0.25) is 0 Å². The van der Waals surface area contributed by atoms with E-state index in [0.717, 1.165) is 29.4 Å². The van der Waals surface area contributed by atoms with Crippen molar-refractivity contribution in [2.24, 2.45) is 0 Å². The molecule has 0 aromatic heterocycles. The highest BCUT2D eigenvalue weighted by Gasteiger charge is 2.45. The summed E-state index contributed by atoms with van der Waals surface area (Å²) in [5.41, 5.74) is 2.67. The second kappa shape index (κ2) is 9.58. The highest BCUT2D eigenvalue weighted by atomic mass is 79.9. The topological polar surface area (TPSA) is 60.9 Å². The van der Waals surface area contributed by atoms with Crippen molar-refractivity contribution in [3.05, 3.63) is 75.3 Å². The summed E-state index contributed by atoms with van der Waals surface area (Å²) >= 11 is 3.38. The van der Waals surface area contributed by atoms with E-state index in [1.54, 1.807) is 29.2 Å². The van der Waals surface area contributed by atoms with Crippen LogP contribution in [0.1, 0.15) is 36.1 Å². The number of likely N-dealkylation sites (tertiary alicyclic amines) is 1. The van der Waals surface area contributed by atoms with Gasteiger partial charge in [-0.1, -0.05) is 59.3 Å². The van der Waals surface area contributed by atoms with Crippen LogP contribution >= 0.6 is 15.9 Å². The van der Waals surface area contributed by atoms with Crippen LogP contribution in [0.4, 0.5) is 0 Å². The lowest BCUT2D eigenvalue weighted by atomic mass is 9.94. The number of Topliss-reactive ketones (excluding diaryl/α,β-unsaturated/α-hetero) is 1. The van der Waals surface area contributed by atoms with Gasteiger partial charge in [-0.25, -0.2) is 0 Å². The van der Waals surface area contributed by atoms with Crippen molar-refractivity contribution in [3.63, 3.8) is 0 Å². The Hall–Kier alpha value is -2.44. The molecule has 1 atom stereocenters. The minimum atomic E-state index is -0.634. The highest BCUT2D eigenvalue weighted by molar-refractivity contribution is 9.10. The minimum Gasteiger partial charge on any atom is -0.507 e. The minimum absolute atomic E-state index is 0.138. The van der Waals surface area contributed by atoms with E-state index in [9.17, 15) is 14.7 Å². The Labute approximate surface area is 186 Å². The fourth-order valence-electron chi connectivity index (χ4n) is 3.71. The summed E-state index contributed by atoms with van der Waals surface area (Å²) in [5, 5.41) is 11.0. The summed E-state index contributed by atoms with van der Waals surface area (Å²) in [5.74, 6) is -1.33. The number of aliphatic hydroxyl groups is 1. The van der Waals surface area contributed by atoms with Gasteiger partial charge in [0.1, 0.15) is 5.76 Å². The lowest BCUT2D eigenvalue weighted by Crippen LogP contribution is -2.32. The van der Waals surface area contributed by atoms with E-state index < -0.39 is 17.7 Å². The van der Waals surface area contributed by atoms with E-state index in [4.69, 9.17) is 0 Å². The third-order valence-corrected chi connectivity index (χ3v) is 5.89. The lowest BCUT2D eigenvalue weighted by Gasteiger charge is -2.26. The van der Waals surface area contributed by atoms with Gasteiger partial charge in [-0.2, -0.15) is 0 Å². The Morgan fingerprint density at radius 3 is 2.27 bits per heavy atom. The first-order chi connectivity index (χ1) is 14.3. The number of nitrogens with zero attached hydrogens (tertiary/aromatic N) is 2. The molecule has 0 aliphatic carbocycles. The van der Waals surface area contributed by atoms with E-state index in [1.165, 1.54) is 5.56 Å². The third kappa shape index (κ3) is 4.65. The van der Waals surface area contributed by atoms with Crippen molar-refractivity contribution in [1.82, 2.24) is 9.80 Å². The predicted octanol–water partition coefficient (Wildman–Crippen LogP) is 4.38. The Morgan fingerprint density at radius 1 is 1.07 bits per heavy atom. The van der Waals surface area contributed by atoms with E-state index in [2.05, 4.69) is 22.9 Å². The van der Waals surface area contributed by atoms with Crippen LogP contribution in [-0.4, -0.2) is 53.8 Å². The molecule has 1 saturated heterocycles. The maximum absolute atomic E-state index is 13.0. The number of rotatable bonds is 7. The van der Waals surface area contributed by atoms with Crippen LogP contribution < -0.4 is 0 Å². The zero-order chi connectivity index (χ0) is 21.8. The number of carbonyl (C=O) groups excluding carboxylic acids is 2. The number of aliphatic hydroxyl groups excluding tert-OH is 1. The van der Waals surface area contributed by atoms with Gasteiger partial charge >= 0.3 is 0 Å². The SMILES string of the molecule is CCc1ccc(C2/C(=C(/O)c3ccc(Br)cc3)C(=O)C(=O)N2CCCN(C)C)cc1. The quantitative estimate of drug-likeness (QED) is 0.370. The first-order valence-corrected chi connectivity index (χ1v) is 10.9. The summed E-state index contributed by atoms with van der Waals surface area (Å²) in [7, 11) is 3.95. The van der Waals surface area contributed by atoms with Gasteiger partial charge < -0.3 is 14.9 Å². The lowest BCUT2D eigenvalue weighted by molar-refractivity contribution is -0.139. The number of hydrogen-bond donors (Lipinski definition) is 1. The molecule has 0 radical (unpaired) electrons. The molecule has 158 valence electrons. The molecule has 1 amide bonds. The highest BCUT2D eigenvalue weighted by Crippen LogP contribution is 2.39. The van der Waals surface area contributed by atoms with Crippen molar-refractivity contribution < 1.29 is 14.7 Å². The standard InChI is InChI=1S/C24H27BrN2O3/c1-4-16-6-8-17(9-7-16)21-20(22(28)18-10-12-19(25)13-11-18)23(29)24(30)27(21)15-5-14-26(2)3/h6-13,21,28H,4-5,14-15H2,1-3H3/b22-20-. The number of ketones is 1. The Bertz CT molecular complexity index is 949. The number of halogens is 1. The van der Waals surface area contributed by atoms with Crippen LogP contribution in [0.3, 0.4) is 0 Å². The molecule has 5 nitrogen and oxygen atoms in total. The average Bonchev–Trinajstić information content (AvgIpc) is 2.98. The van der Waals surface area contributed by atoms with E-state index in [0.29, 0.717) is 12.1 Å². The molecule has 6 heteroatoms. The maximum Gasteiger partial charge on any atom is 0.295 e. The van der Waals surface area contributed by atoms with E-state index in [1.807, 2.05) is 43.3 Å². The number of benzene rings is 2. The van der Waals surface area contributed by atoms with Gasteiger partial charge in [-0.05, 0) is 56.7 Å². The molecule has 0 bridgehead atoms. The third-order valence-electron chi connectivity index (χ3n) is 5.37. The molecule has 0 spiro atoms. The molecule has 0 saturated carbocycles. The fourth-order valence-corrected chi connectivity index (χ4v) is 3.98. The summed E-state index contributed by atoms with van der Waals surface area (Å²) in [6.45, 7) is 3.33. The zero-order valence-corrected chi connectivity index (χ0v) is 19.1. The molecule has 1 fully saturated rings. The molecule has 1 aliphatic heterocycles. The molecule has 1 heterocycles. The van der Waals surface area contributed by atoms with Crippen LogP contribution in [-0.2, 0) is 16.0 Å². The summed E-state index contributed by atoms with van der Waals surface area (Å²) in [6.07, 6.45) is 1.64. The monoisotopic (exact) mass is 470 g/mol. The molecular weight excluding hydrogens is 444 g/mol. The van der Waals surface area contributed by atoms with Gasteiger partial charge in [0.05, 0.1) is 11.6 Å². The van der Waals surface area contributed by atoms with Gasteiger partial charge in [-0.15, -0.1) is 0 Å². The molecule has 2 aromatic carbocycles. The van der Waals surface area contributed by atoms with Crippen LogP contribution in [0.25, 0.3) is 5.76 Å². The van der Waals surface area contributed by atoms with Gasteiger partial charge in [0.25, 0.3) is 11.7 Å². The smallest absolute Gasteiger partial charge is 0.295 e. The van der Waals surface area contributed by atoms with Gasteiger partial charge in [0, 0.05) is 16.6 Å². The molecule has 1 N–H and O–H groups in total. The Morgan fingerprint density at radius 2 is 1.70 bits per heavy atom. The molecule has 1 unspecified atom stereocenters. The normalized spacial score (nSPS) is 18.4. The zero-order valence-electron chi connectivity index (χ0n) is 17.6. The number of amides is 1. The Balaban J connectivity index is 2.07. The van der Waals surface area contributed by atoms with Gasteiger partial charge in [-0.3, -0.25) is 9.59 Å². The first kappa shape index (κ1) is 22.2. The second-order valence-corrected chi connectivity index (χ2v) is 8.67. The van der Waals surface area contributed by atoms with E-state index >= 15 is 0 Å². The Kier molecular flexibility index (Phi) is 7.10. The largest absolute Gasteiger partial charge is 0.507 e. The van der Waals surface area contributed by atoms with Crippen molar-refractivity contribution in [3.8, 4) is 0 Å². The van der Waals surface area contributed by atoms with Gasteiger partial charge in [0.15, 0.2) is 0 Å². The summed E-state index contributed by atoms with van der Waals surface area (Å²) in [4.78, 5) is 29.5. The molecule has 2 aromatic rings. The first-order valence-electron chi connectivity index (χ1n) is 10.1. The molecule has 1 aliphatic rings. The van der Waals surface area contributed by atoms with Crippen molar-refractivity contribution >= 4 is 33.4 Å². The maximum atomic E-state index is 13.0. The van der Waals surface area contributed by atoms with Crippen LogP contribution in [0, 0.1) is 0 Å². The second-order valence-electron chi connectivity index (χ2n) is 7.75. The molecule has 3 rings (SSSR count). The van der Waals surface area contributed by atoms with Crippen molar-refractivity contribution in [2.45, 2.75) is 25.8 Å². The average molecular weight is 471 g/mol. The van der Waals surface area contributed by atoms with Crippen molar-refractivity contribution in [2.75, 3.05) is 27.2 Å². The van der Waals surface area contributed by atoms with Gasteiger partial charge in [0.2, 0.25) is 0 Å². The summed E-state index contributed by atoms with van der Waals surface area (Å²) in [6, 6.07) is 14.4. The number of carbonyl (C=O) groups is 2. The fraction of sp³-hybridized carbons (Fsp3) is 0.333.